The number of carbonyl (C=O) groups excluding carboxylic acids is 1. The van der Waals surface area contributed by atoms with Gasteiger partial charge in [0, 0.05) is 18.7 Å². The highest BCUT2D eigenvalue weighted by atomic mass is 16.6. The molecule has 0 N–H and O–H groups in total. The molecule has 0 fully saturated rings. The van der Waals surface area contributed by atoms with E-state index in [1.807, 2.05) is 55.5 Å². The van der Waals surface area contributed by atoms with Crippen LogP contribution >= 0.6 is 0 Å². The first-order valence-corrected chi connectivity index (χ1v) is 11.7. The molecule has 0 bridgehead atoms. The molecule has 1 aromatic heterocycles. The predicted molar refractivity (Wildman–Crippen MR) is 134 cm³/mol. The molecule has 33 heavy (non-hydrogen) atoms. The summed E-state index contributed by atoms with van der Waals surface area (Å²) in [6, 6.07) is 26.5. The molecule has 0 atom stereocenters. The number of fused-ring (bicyclic) bond motifs is 1. The molecule has 0 aliphatic heterocycles. The van der Waals surface area contributed by atoms with Gasteiger partial charge < -0.3 is 9.30 Å². The number of aryl methyl sites for hydroxylation is 1. The number of nitrogens with zero attached hydrogens (tertiary/aromatic N) is 3. The lowest BCUT2D eigenvalue weighted by Gasteiger charge is -2.22. The van der Waals surface area contributed by atoms with Crippen molar-refractivity contribution in [2.75, 3.05) is 11.5 Å². The Morgan fingerprint density at radius 3 is 2.36 bits per heavy atom. The third kappa shape index (κ3) is 5.43. The highest BCUT2D eigenvalue weighted by Gasteiger charge is 2.18. The molecule has 0 unspecified atom stereocenters. The van der Waals surface area contributed by atoms with Gasteiger partial charge in [0.2, 0.25) is 0 Å². The normalized spacial score (nSPS) is 11.0. The number of ether oxygens (including phenoxy) is 1. The number of para-hydroxylation sites is 2. The first-order chi connectivity index (χ1) is 16.2. The van der Waals surface area contributed by atoms with Crippen molar-refractivity contribution in [2.45, 2.75) is 46.2 Å². The van der Waals surface area contributed by atoms with Crippen molar-refractivity contribution < 1.29 is 9.53 Å². The zero-order chi connectivity index (χ0) is 23.0. The van der Waals surface area contributed by atoms with Gasteiger partial charge in [0.15, 0.2) is 0 Å². The van der Waals surface area contributed by atoms with Gasteiger partial charge in [-0.1, -0.05) is 67.9 Å². The standard InChI is InChI=1S/C28H31N3O2/c1-3-5-15-27-29-25-13-9-10-14-26(25)31(27)21-23-16-18-24(19-17-23)30(28(32)33-4-2)20-22-11-7-6-8-12-22/h6-14,16-19H,3-5,15,20-21H2,1-2H3. The summed E-state index contributed by atoms with van der Waals surface area (Å²) in [6.07, 6.45) is 2.90. The maximum Gasteiger partial charge on any atom is 0.414 e. The zero-order valence-electron chi connectivity index (χ0n) is 19.4. The minimum atomic E-state index is -0.337. The van der Waals surface area contributed by atoms with Gasteiger partial charge in [0.25, 0.3) is 0 Å². The molecule has 0 aliphatic rings. The van der Waals surface area contributed by atoms with Crippen LogP contribution in [0.1, 0.15) is 43.6 Å². The monoisotopic (exact) mass is 441 g/mol. The lowest BCUT2D eigenvalue weighted by atomic mass is 10.1. The summed E-state index contributed by atoms with van der Waals surface area (Å²) in [6.45, 7) is 5.59. The summed E-state index contributed by atoms with van der Waals surface area (Å²) in [4.78, 5) is 19.2. The van der Waals surface area contributed by atoms with Crippen molar-refractivity contribution in [3.05, 3.63) is 95.8 Å². The van der Waals surface area contributed by atoms with Crippen LogP contribution in [-0.2, 0) is 24.2 Å². The maximum absolute atomic E-state index is 12.7. The van der Waals surface area contributed by atoms with Gasteiger partial charge in [0.1, 0.15) is 5.82 Å². The number of anilines is 1. The molecule has 170 valence electrons. The summed E-state index contributed by atoms with van der Waals surface area (Å²) in [5, 5.41) is 0. The fourth-order valence-electron chi connectivity index (χ4n) is 4.02. The summed E-state index contributed by atoms with van der Waals surface area (Å²) in [5.74, 6) is 1.12. The van der Waals surface area contributed by atoms with Crippen LogP contribution < -0.4 is 4.90 Å². The van der Waals surface area contributed by atoms with E-state index < -0.39 is 0 Å². The molecule has 1 heterocycles. The number of hydrogen-bond donors (Lipinski definition) is 0. The van der Waals surface area contributed by atoms with E-state index in [1.54, 1.807) is 4.90 Å². The van der Waals surface area contributed by atoms with Crippen molar-refractivity contribution in [1.29, 1.82) is 0 Å². The van der Waals surface area contributed by atoms with E-state index in [2.05, 4.69) is 41.8 Å². The average molecular weight is 442 g/mol. The summed E-state index contributed by atoms with van der Waals surface area (Å²) in [5.41, 5.74) is 5.24. The van der Waals surface area contributed by atoms with Crippen molar-refractivity contribution in [1.82, 2.24) is 9.55 Å². The Kier molecular flexibility index (Phi) is 7.40. The molecule has 3 aromatic carbocycles. The van der Waals surface area contributed by atoms with Crippen molar-refractivity contribution in [3.8, 4) is 0 Å². The molecule has 0 radical (unpaired) electrons. The quantitative estimate of drug-likeness (QED) is 0.294. The molecule has 0 spiro atoms. The number of carbonyl (C=O) groups is 1. The number of unbranched alkanes of at least 4 members (excludes halogenated alkanes) is 1. The highest BCUT2D eigenvalue weighted by Crippen LogP contribution is 2.23. The number of imidazole rings is 1. The molecule has 1 amide bonds. The summed E-state index contributed by atoms with van der Waals surface area (Å²) < 4.78 is 7.63. The summed E-state index contributed by atoms with van der Waals surface area (Å²) >= 11 is 0. The van der Waals surface area contributed by atoms with E-state index in [0.717, 1.165) is 53.9 Å². The molecular weight excluding hydrogens is 410 g/mol. The largest absolute Gasteiger partial charge is 0.449 e. The van der Waals surface area contributed by atoms with Crippen LogP contribution in [0.4, 0.5) is 10.5 Å². The Balaban J connectivity index is 1.59. The van der Waals surface area contributed by atoms with E-state index in [4.69, 9.17) is 9.72 Å². The van der Waals surface area contributed by atoms with E-state index in [1.165, 1.54) is 5.56 Å². The van der Waals surface area contributed by atoms with Crippen molar-refractivity contribution >= 4 is 22.8 Å². The molecule has 0 saturated carbocycles. The second-order valence-electron chi connectivity index (χ2n) is 8.14. The topological polar surface area (TPSA) is 47.4 Å². The zero-order valence-corrected chi connectivity index (χ0v) is 19.4. The fourth-order valence-corrected chi connectivity index (χ4v) is 4.02. The van der Waals surface area contributed by atoms with E-state index in [9.17, 15) is 4.79 Å². The molecule has 5 heteroatoms. The molecule has 0 saturated heterocycles. The van der Waals surface area contributed by atoms with Gasteiger partial charge >= 0.3 is 6.09 Å². The van der Waals surface area contributed by atoms with Gasteiger partial charge in [-0.2, -0.15) is 0 Å². The lowest BCUT2D eigenvalue weighted by Crippen LogP contribution is -2.31. The van der Waals surface area contributed by atoms with Gasteiger partial charge in [-0.3, -0.25) is 4.90 Å². The predicted octanol–water partition coefficient (Wildman–Crippen LogP) is 6.59. The molecule has 4 aromatic rings. The Hall–Kier alpha value is -3.60. The van der Waals surface area contributed by atoms with Crippen molar-refractivity contribution in [3.63, 3.8) is 0 Å². The van der Waals surface area contributed by atoms with Gasteiger partial charge in [0.05, 0.1) is 24.2 Å². The molecule has 4 rings (SSSR count). The smallest absolute Gasteiger partial charge is 0.414 e. The Morgan fingerprint density at radius 2 is 1.64 bits per heavy atom. The third-order valence-corrected chi connectivity index (χ3v) is 5.75. The number of aromatic nitrogens is 2. The first-order valence-electron chi connectivity index (χ1n) is 11.7. The van der Waals surface area contributed by atoms with Crippen LogP contribution in [0.3, 0.4) is 0 Å². The van der Waals surface area contributed by atoms with Crippen LogP contribution in [0.2, 0.25) is 0 Å². The third-order valence-electron chi connectivity index (χ3n) is 5.75. The summed E-state index contributed by atoms with van der Waals surface area (Å²) in [7, 11) is 0. The first kappa shape index (κ1) is 22.6. The second-order valence-corrected chi connectivity index (χ2v) is 8.14. The minimum absolute atomic E-state index is 0.337. The Labute approximate surface area is 195 Å². The van der Waals surface area contributed by atoms with Gasteiger partial charge in [-0.15, -0.1) is 0 Å². The molecule has 0 aliphatic carbocycles. The minimum Gasteiger partial charge on any atom is -0.449 e. The Morgan fingerprint density at radius 1 is 0.909 bits per heavy atom. The number of benzene rings is 3. The molecular formula is C28H31N3O2. The highest BCUT2D eigenvalue weighted by molar-refractivity contribution is 5.87. The maximum atomic E-state index is 12.7. The van der Waals surface area contributed by atoms with Crippen LogP contribution in [0.25, 0.3) is 11.0 Å². The second kappa shape index (κ2) is 10.8. The Bertz CT molecular complexity index is 1180. The van der Waals surface area contributed by atoms with Gasteiger partial charge in [-0.05, 0) is 48.7 Å². The fraction of sp³-hybridized carbons (Fsp3) is 0.286. The van der Waals surface area contributed by atoms with Crippen LogP contribution in [0, 0.1) is 0 Å². The van der Waals surface area contributed by atoms with Crippen LogP contribution in [0.5, 0.6) is 0 Å². The lowest BCUT2D eigenvalue weighted by molar-refractivity contribution is 0.159. The van der Waals surface area contributed by atoms with E-state index in [-0.39, 0.29) is 6.09 Å². The SMILES string of the molecule is CCCCc1nc2ccccc2n1Cc1ccc(N(Cc2ccccc2)C(=O)OCC)cc1. The number of hydrogen-bond acceptors (Lipinski definition) is 3. The van der Waals surface area contributed by atoms with E-state index >= 15 is 0 Å². The number of amides is 1. The number of rotatable bonds is 9. The van der Waals surface area contributed by atoms with Crippen LogP contribution in [0.15, 0.2) is 78.9 Å². The average Bonchev–Trinajstić information content (AvgIpc) is 3.20. The van der Waals surface area contributed by atoms with E-state index in [0.29, 0.717) is 13.2 Å². The molecule has 5 nitrogen and oxygen atoms in total. The van der Waals surface area contributed by atoms with Crippen LogP contribution in [-0.4, -0.2) is 22.3 Å². The van der Waals surface area contributed by atoms with Gasteiger partial charge in [-0.25, -0.2) is 9.78 Å². The van der Waals surface area contributed by atoms with Crippen molar-refractivity contribution in [2.24, 2.45) is 0 Å².